The normalized spacial score (nSPS) is 22.0. The average molecular weight is 473 g/mol. The van der Waals surface area contributed by atoms with Gasteiger partial charge in [-0.05, 0) is 37.5 Å². The Labute approximate surface area is 187 Å². The van der Waals surface area contributed by atoms with Crippen LogP contribution in [-0.2, 0) is 11.0 Å². The molecule has 0 aliphatic carbocycles. The van der Waals surface area contributed by atoms with Crippen molar-refractivity contribution in [1.82, 2.24) is 14.7 Å². The van der Waals surface area contributed by atoms with Crippen LogP contribution in [0.2, 0.25) is 10.0 Å². The third kappa shape index (κ3) is 4.32. The molecule has 1 amide bonds. The summed E-state index contributed by atoms with van der Waals surface area (Å²) < 4.78 is 41.3. The highest BCUT2D eigenvalue weighted by molar-refractivity contribution is 6.42. The Hall–Kier alpha value is -2.06. The van der Waals surface area contributed by atoms with Crippen molar-refractivity contribution in [1.29, 1.82) is 0 Å². The van der Waals surface area contributed by atoms with E-state index in [0.717, 1.165) is 31.7 Å². The highest BCUT2D eigenvalue weighted by atomic mass is 35.5. The van der Waals surface area contributed by atoms with E-state index in [4.69, 9.17) is 23.2 Å². The first-order chi connectivity index (χ1) is 14.7. The first kappa shape index (κ1) is 22.1. The van der Waals surface area contributed by atoms with Gasteiger partial charge in [0.05, 0.1) is 16.1 Å². The highest BCUT2D eigenvalue weighted by Gasteiger charge is 2.43. The zero-order valence-electron chi connectivity index (χ0n) is 16.8. The van der Waals surface area contributed by atoms with E-state index < -0.39 is 23.8 Å². The van der Waals surface area contributed by atoms with E-state index in [1.165, 1.54) is 4.68 Å². The summed E-state index contributed by atoms with van der Waals surface area (Å²) >= 11 is 12.3. The van der Waals surface area contributed by atoms with Gasteiger partial charge in [-0.2, -0.15) is 18.3 Å². The number of halogens is 5. The van der Waals surface area contributed by atoms with Crippen LogP contribution in [0.1, 0.15) is 49.9 Å². The summed E-state index contributed by atoms with van der Waals surface area (Å²) in [5, 5.41) is 4.37. The molecule has 0 radical (unpaired) electrons. The lowest BCUT2D eigenvalue weighted by atomic mass is 9.87. The number of fused-ring (bicyclic) bond motifs is 1. The maximum absolute atomic E-state index is 13.6. The van der Waals surface area contributed by atoms with Crippen molar-refractivity contribution < 1.29 is 18.0 Å². The second-order valence-electron chi connectivity index (χ2n) is 7.92. The SMILES string of the molecule is CC1=Nc2cc(C(F)(F)F)nn2C(c2ccc(Cl)c(Cl)c2)C1C(=O)N1CCCCCC1. The number of carbonyl (C=O) groups excluding carboxylic acids is 1. The van der Waals surface area contributed by atoms with E-state index >= 15 is 0 Å². The number of carbonyl (C=O) groups is 1. The van der Waals surface area contributed by atoms with E-state index in [2.05, 4.69) is 10.1 Å². The van der Waals surface area contributed by atoms with Gasteiger partial charge in [0.25, 0.3) is 0 Å². The molecule has 0 bridgehead atoms. The molecule has 3 heterocycles. The van der Waals surface area contributed by atoms with Crippen LogP contribution in [0.4, 0.5) is 19.0 Å². The minimum absolute atomic E-state index is 0.0563. The number of hydrogen-bond donors (Lipinski definition) is 0. The number of rotatable bonds is 2. The summed E-state index contributed by atoms with van der Waals surface area (Å²) in [6, 6.07) is 4.91. The Kier molecular flexibility index (Phi) is 6.05. The molecule has 2 aromatic rings. The molecule has 1 aromatic heterocycles. The zero-order chi connectivity index (χ0) is 22.3. The first-order valence-corrected chi connectivity index (χ1v) is 10.9. The Bertz CT molecular complexity index is 1030. The molecule has 166 valence electrons. The van der Waals surface area contributed by atoms with Crippen LogP contribution >= 0.6 is 23.2 Å². The van der Waals surface area contributed by atoms with Crippen molar-refractivity contribution in [3.63, 3.8) is 0 Å². The number of aliphatic imine (C=N–C) groups is 1. The molecule has 2 unspecified atom stereocenters. The van der Waals surface area contributed by atoms with Crippen LogP contribution < -0.4 is 0 Å². The van der Waals surface area contributed by atoms with Crippen LogP contribution in [0.3, 0.4) is 0 Å². The van der Waals surface area contributed by atoms with Crippen LogP contribution in [0, 0.1) is 5.92 Å². The molecule has 1 aromatic carbocycles. The van der Waals surface area contributed by atoms with Crippen LogP contribution in [0.15, 0.2) is 29.3 Å². The lowest BCUT2D eigenvalue weighted by molar-refractivity contribution is -0.141. The number of benzene rings is 1. The predicted molar refractivity (Wildman–Crippen MR) is 113 cm³/mol. The molecule has 31 heavy (non-hydrogen) atoms. The number of hydrogen-bond acceptors (Lipinski definition) is 3. The molecule has 2 aliphatic rings. The smallest absolute Gasteiger partial charge is 0.342 e. The second-order valence-corrected chi connectivity index (χ2v) is 8.73. The Morgan fingerprint density at radius 1 is 1.06 bits per heavy atom. The van der Waals surface area contributed by atoms with Crippen molar-refractivity contribution in [3.8, 4) is 0 Å². The molecule has 1 fully saturated rings. The Morgan fingerprint density at radius 2 is 1.74 bits per heavy atom. The Balaban J connectivity index is 1.83. The van der Waals surface area contributed by atoms with Gasteiger partial charge in [0, 0.05) is 24.9 Å². The molecular weight excluding hydrogens is 452 g/mol. The molecular formula is C21H21Cl2F3N4O. The molecule has 2 atom stereocenters. The van der Waals surface area contributed by atoms with Crippen molar-refractivity contribution in [2.24, 2.45) is 10.9 Å². The van der Waals surface area contributed by atoms with Crippen LogP contribution in [0.5, 0.6) is 0 Å². The number of amides is 1. The molecule has 1 saturated heterocycles. The summed E-state index contributed by atoms with van der Waals surface area (Å²) in [5.41, 5.74) is -0.0478. The largest absolute Gasteiger partial charge is 0.435 e. The third-order valence-corrected chi connectivity index (χ3v) is 6.53. The standard InChI is InChI=1S/C21H21Cl2F3N4O/c1-12-18(20(31)29-8-4-2-3-5-9-29)19(13-6-7-14(22)15(23)10-13)30-17(27-12)11-16(28-30)21(24,25)26/h6-7,10-11,18-19H,2-5,8-9H2,1H3. The number of alkyl halides is 3. The van der Waals surface area contributed by atoms with Gasteiger partial charge in [-0.25, -0.2) is 9.67 Å². The number of likely N-dealkylation sites (tertiary alicyclic amines) is 1. The predicted octanol–water partition coefficient (Wildman–Crippen LogP) is 5.92. The van der Waals surface area contributed by atoms with Crippen molar-refractivity contribution in [2.45, 2.75) is 44.8 Å². The fourth-order valence-electron chi connectivity index (χ4n) is 4.26. The van der Waals surface area contributed by atoms with E-state index in [1.807, 2.05) is 0 Å². The maximum Gasteiger partial charge on any atom is 0.435 e. The van der Waals surface area contributed by atoms with Crippen molar-refractivity contribution >= 4 is 40.6 Å². The van der Waals surface area contributed by atoms with Gasteiger partial charge in [-0.15, -0.1) is 0 Å². The summed E-state index contributed by atoms with van der Waals surface area (Å²) in [6.07, 6.45) is -0.721. The molecule has 0 saturated carbocycles. The van der Waals surface area contributed by atoms with E-state index in [0.29, 0.717) is 29.4 Å². The fraction of sp³-hybridized carbons (Fsp3) is 0.476. The molecule has 4 rings (SSSR count). The average Bonchev–Trinajstić information content (AvgIpc) is 2.95. The summed E-state index contributed by atoms with van der Waals surface area (Å²) in [4.78, 5) is 19.7. The molecule has 5 nitrogen and oxygen atoms in total. The number of aromatic nitrogens is 2. The fourth-order valence-corrected chi connectivity index (χ4v) is 4.57. The van der Waals surface area contributed by atoms with Gasteiger partial charge in [0.1, 0.15) is 5.92 Å². The van der Waals surface area contributed by atoms with Crippen molar-refractivity contribution in [3.05, 3.63) is 45.6 Å². The molecule has 10 heteroatoms. The summed E-state index contributed by atoms with van der Waals surface area (Å²) in [5.74, 6) is -0.890. The van der Waals surface area contributed by atoms with Gasteiger partial charge in [0.2, 0.25) is 5.91 Å². The molecule has 0 N–H and O–H groups in total. The zero-order valence-corrected chi connectivity index (χ0v) is 18.3. The van der Waals surface area contributed by atoms with Gasteiger partial charge in [-0.3, -0.25) is 4.79 Å². The Morgan fingerprint density at radius 3 is 2.35 bits per heavy atom. The lowest BCUT2D eigenvalue weighted by Crippen LogP contribution is -2.45. The van der Waals surface area contributed by atoms with Crippen molar-refractivity contribution in [2.75, 3.05) is 13.1 Å². The summed E-state index contributed by atoms with van der Waals surface area (Å²) in [6.45, 7) is 2.92. The van der Waals surface area contributed by atoms with E-state index in [9.17, 15) is 18.0 Å². The van der Waals surface area contributed by atoms with Gasteiger partial charge < -0.3 is 4.90 Å². The highest BCUT2D eigenvalue weighted by Crippen LogP contribution is 2.41. The summed E-state index contributed by atoms with van der Waals surface area (Å²) in [7, 11) is 0. The minimum Gasteiger partial charge on any atom is -0.342 e. The maximum atomic E-state index is 13.6. The van der Waals surface area contributed by atoms with Crippen LogP contribution in [-0.4, -0.2) is 39.4 Å². The van der Waals surface area contributed by atoms with Gasteiger partial charge in [0.15, 0.2) is 11.5 Å². The second kappa shape index (κ2) is 8.47. The molecule has 0 spiro atoms. The van der Waals surface area contributed by atoms with E-state index in [-0.39, 0.29) is 16.7 Å². The minimum atomic E-state index is -4.62. The van der Waals surface area contributed by atoms with Gasteiger partial charge >= 0.3 is 6.18 Å². The monoisotopic (exact) mass is 472 g/mol. The first-order valence-electron chi connectivity index (χ1n) is 10.1. The number of nitrogens with zero attached hydrogens (tertiary/aromatic N) is 4. The topological polar surface area (TPSA) is 50.5 Å². The third-order valence-electron chi connectivity index (χ3n) is 5.80. The van der Waals surface area contributed by atoms with Gasteiger partial charge in [-0.1, -0.05) is 42.1 Å². The molecule has 2 aliphatic heterocycles. The van der Waals surface area contributed by atoms with E-state index in [1.54, 1.807) is 30.0 Å². The van der Waals surface area contributed by atoms with Crippen LogP contribution in [0.25, 0.3) is 0 Å². The quantitative estimate of drug-likeness (QED) is 0.544. The lowest BCUT2D eigenvalue weighted by Gasteiger charge is -2.34.